The molecule has 0 saturated carbocycles. The number of thiazole rings is 1. The molecule has 32 heavy (non-hydrogen) atoms. The van der Waals surface area contributed by atoms with E-state index in [4.69, 9.17) is 4.74 Å². The third-order valence-corrected chi connectivity index (χ3v) is 6.78. The number of nitrogens with one attached hydrogen (secondary N) is 1. The maximum atomic E-state index is 12.7. The van der Waals surface area contributed by atoms with Gasteiger partial charge >= 0.3 is 0 Å². The van der Waals surface area contributed by atoms with Gasteiger partial charge in [-0.05, 0) is 36.8 Å². The first-order chi connectivity index (χ1) is 15.7. The summed E-state index contributed by atoms with van der Waals surface area (Å²) in [6.07, 6.45) is 0.227. The van der Waals surface area contributed by atoms with Gasteiger partial charge in [0.2, 0.25) is 5.91 Å². The number of rotatable bonds is 9. The Balaban J connectivity index is 1.41. The number of carbonyl (C=O) groups is 1. The molecule has 1 heterocycles. The van der Waals surface area contributed by atoms with Crippen molar-refractivity contribution >= 4 is 34.7 Å². The predicted molar refractivity (Wildman–Crippen MR) is 133 cm³/mol. The summed E-state index contributed by atoms with van der Waals surface area (Å²) in [6.45, 7) is 2.56. The Hall–Kier alpha value is -3.09. The maximum Gasteiger partial charge on any atom is 0.230 e. The van der Waals surface area contributed by atoms with E-state index in [2.05, 4.69) is 22.4 Å². The second kappa shape index (κ2) is 11.0. The zero-order valence-electron chi connectivity index (χ0n) is 17.8. The molecule has 6 heteroatoms. The fourth-order valence-corrected chi connectivity index (χ4v) is 5.04. The molecule has 0 radical (unpaired) electrons. The minimum atomic E-state index is -0.0762. The standard InChI is InChI=1S/C26H24N2O2S2/c1-2-30-23-14-8-6-12-21(23)26-27-20(18-32-26)16-25(29)28-22-13-7-9-15-24(22)31-17-19-10-4-3-5-11-19/h3-15,18H,2,16-17H2,1H3,(H,28,29). The van der Waals surface area contributed by atoms with Crippen molar-refractivity contribution in [2.24, 2.45) is 0 Å². The summed E-state index contributed by atoms with van der Waals surface area (Å²) in [6, 6.07) is 26.1. The van der Waals surface area contributed by atoms with Gasteiger partial charge in [-0.1, -0.05) is 54.6 Å². The molecule has 3 aromatic carbocycles. The Morgan fingerprint density at radius 2 is 1.75 bits per heavy atom. The highest BCUT2D eigenvalue weighted by Gasteiger charge is 2.13. The van der Waals surface area contributed by atoms with Crippen LogP contribution in [0.1, 0.15) is 18.2 Å². The van der Waals surface area contributed by atoms with Gasteiger partial charge in [-0.15, -0.1) is 23.1 Å². The van der Waals surface area contributed by atoms with Gasteiger partial charge in [0, 0.05) is 16.0 Å². The van der Waals surface area contributed by atoms with Crippen molar-refractivity contribution in [3.63, 3.8) is 0 Å². The van der Waals surface area contributed by atoms with E-state index in [9.17, 15) is 4.79 Å². The largest absolute Gasteiger partial charge is 0.493 e. The van der Waals surface area contributed by atoms with Crippen molar-refractivity contribution in [3.8, 4) is 16.3 Å². The van der Waals surface area contributed by atoms with E-state index in [0.717, 1.165) is 38.4 Å². The minimum Gasteiger partial charge on any atom is -0.493 e. The summed E-state index contributed by atoms with van der Waals surface area (Å²) >= 11 is 3.24. The quantitative estimate of drug-likeness (QED) is 0.283. The lowest BCUT2D eigenvalue weighted by Crippen LogP contribution is -2.15. The average molecular weight is 461 g/mol. The number of aromatic nitrogens is 1. The molecule has 0 bridgehead atoms. The SMILES string of the molecule is CCOc1ccccc1-c1nc(CC(=O)Nc2ccccc2SCc2ccccc2)cs1. The molecule has 1 amide bonds. The van der Waals surface area contributed by atoms with Crippen LogP contribution in [0, 0.1) is 0 Å². The van der Waals surface area contributed by atoms with E-state index >= 15 is 0 Å². The highest BCUT2D eigenvalue weighted by atomic mass is 32.2. The van der Waals surface area contributed by atoms with E-state index in [1.54, 1.807) is 11.8 Å². The highest BCUT2D eigenvalue weighted by Crippen LogP contribution is 2.33. The van der Waals surface area contributed by atoms with Crippen molar-refractivity contribution in [1.82, 2.24) is 4.98 Å². The third kappa shape index (κ3) is 5.78. The number of carbonyl (C=O) groups excluding carboxylic acids is 1. The lowest BCUT2D eigenvalue weighted by Gasteiger charge is -2.10. The van der Waals surface area contributed by atoms with Crippen LogP contribution in [0.5, 0.6) is 5.75 Å². The molecule has 0 spiro atoms. The van der Waals surface area contributed by atoms with Crippen molar-refractivity contribution in [2.45, 2.75) is 24.0 Å². The second-order valence-corrected chi connectivity index (χ2v) is 8.94. The molecule has 0 aliphatic rings. The number of para-hydroxylation sites is 2. The van der Waals surface area contributed by atoms with Crippen LogP contribution < -0.4 is 10.1 Å². The van der Waals surface area contributed by atoms with Gasteiger partial charge in [0.1, 0.15) is 10.8 Å². The van der Waals surface area contributed by atoms with Crippen LogP contribution in [0.25, 0.3) is 10.6 Å². The van der Waals surface area contributed by atoms with Gasteiger partial charge in [-0.3, -0.25) is 4.79 Å². The number of hydrogen-bond donors (Lipinski definition) is 1. The highest BCUT2D eigenvalue weighted by molar-refractivity contribution is 7.98. The van der Waals surface area contributed by atoms with E-state index in [1.165, 1.54) is 16.9 Å². The Morgan fingerprint density at radius 3 is 2.59 bits per heavy atom. The zero-order valence-corrected chi connectivity index (χ0v) is 19.4. The van der Waals surface area contributed by atoms with Crippen LogP contribution in [-0.4, -0.2) is 17.5 Å². The number of ether oxygens (including phenoxy) is 1. The molecule has 4 rings (SSSR count). The summed E-state index contributed by atoms with van der Waals surface area (Å²) in [5.41, 5.74) is 3.79. The van der Waals surface area contributed by atoms with E-state index in [-0.39, 0.29) is 12.3 Å². The van der Waals surface area contributed by atoms with Crippen LogP contribution in [-0.2, 0) is 17.0 Å². The molecular formula is C26H24N2O2S2. The minimum absolute atomic E-state index is 0.0762. The summed E-state index contributed by atoms with van der Waals surface area (Å²) < 4.78 is 5.71. The fraction of sp³-hybridized carbons (Fsp3) is 0.154. The van der Waals surface area contributed by atoms with Crippen LogP contribution in [0.3, 0.4) is 0 Å². The van der Waals surface area contributed by atoms with Crippen molar-refractivity contribution in [2.75, 3.05) is 11.9 Å². The smallest absolute Gasteiger partial charge is 0.230 e. The molecule has 162 valence electrons. The molecule has 0 unspecified atom stereocenters. The van der Waals surface area contributed by atoms with Gasteiger partial charge in [-0.25, -0.2) is 4.98 Å². The molecular weight excluding hydrogens is 436 g/mol. The molecule has 0 aliphatic heterocycles. The van der Waals surface area contributed by atoms with Gasteiger partial charge in [0.15, 0.2) is 0 Å². The van der Waals surface area contributed by atoms with E-state index in [0.29, 0.717) is 6.61 Å². The first-order valence-electron chi connectivity index (χ1n) is 10.4. The van der Waals surface area contributed by atoms with Crippen molar-refractivity contribution in [1.29, 1.82) is 0 Å². The van der Waals surface area contributed by atoms with Gasteiger partial charge in [0.05, 0.1) is 30.0 Å². The number of amides is 1. The van der Waals surface area contributed by atoms with Crippen molar-refractivity contribution < 1.29 is 9.53 Å². The zero-order chi connectivity index (χ0) is 22.2. The molecule has 1 N–H and O–H groups in total. The Labute approximate surface area is 196 Å². The number of anilines is 1. The Bertz CT molecular complexity index is 1180. The Morgan fingerprint density at radius 1 is 1.00 bits per heavy atom. The molecule has 0 saturated heterocycles. The fourth-order valence-electron chi connectivity index (χ4n) is 3.23. The van der Waals surface area contributed by atoms with Crippen LogP contribution in [0.15, 0.2) is 89.1 Å². The molecule has 4 nitrogen and oxygen atoms in total. The normalized spacial score (nSPS) is 10.7. The van der Waals surface area contributed by atoms with Crippen LogP contribution in [0.4, 0.5) is 5.69 Å². The van der Waals surface area contributed by atoms with Gasteiger partial charge in [0.25, 0.3) is 0 Å². The monoisotopic (exact) mass is 460 g/mol. The summed E-state index contributed by atoms with van der Waals surface area (Å²) in [5.74, 6) is 1.58. The first kappa shape index (κ1) is 22.1. The number of nitrogens with zero attached hydrogens (tertiary/aromatic N) is 1. The number of benzene rings is 3. The molecule has 1 aromatic heterocycles. The lowest BCUT2D eigenvalue weighted by molar-refractivity contribution is -0.115. The van der Waals surface area contributed by atoms with E-state index in [1.807, 2.05) is 79.0 Å². The predicted octanol–water partition coefficient (Wildman–Crippen LogP) is 6.68. The lowest BCUT2D eigenvalue weighted by atomic mass is 10.2. The summed E-state index contributed by atoms with van der Waals surface area (Å²) in [5, 5.41) is 5.85. The van der Waals surface area contributed by atoms with E-state index < -0.39 is 0 Å². The summed E-state index contributed by atoms with van der Waals surface area (Å²) in [7, 11) is 0. The van der Waals surface area contributed by atoms with Gasteiger partial charge in [-0.2, -0.15) is 0 Å². The average Bonchev–Trinajstić information content (AvgIpc) is 3.28. The third-order valence-electron chi connectivity index (χ3n) is 4.71. The molecule has 4 aromatic rings. The second-order valence-electron chi connectivity index (χ2n) is 7.07. The van der Waals surface area contributed by atoms with Crippen LogP contribution >= 0.6 is 23.1 Å². The van der Waals surface area contributed by atoms with Crippen LogP contribution in [0.2, 0.25) is 0 Å². The number of hydrogen-bond acceptors (Lipinski definition) is 5. The molecule has 0 atom stereocenters. The van der Waals surface area contributed by atoms with Gasteiger partial charge < -0.3 is 10.1 Å². The maximum absolute atomic E-state index is 12.7. The van der Waals surface area contributed by atoms with Crippen molar-refractivity contribution in [3.05, 3.63) is 95.5 Å². The number of thioether (sulfide) groups is 1. The molecule has 0 aliphatic carbocycles. The molecule has 0 fully saturated rings. The topological polar surface area (TPSA) is 51.2 Å². The summed E-state index contributed by atoms with van der Waals surface area (Å²) in [4.78, 5) is 18.5. The Kier molecular flexibility index (Phi) is 7.59. The first-order valence-corrected chi connectivity index (χ1v) is 12.3.